The fourth-order valence-electron chi connectivity index (χ4n) is 0.981. The number of hydrogen-bond donors (Lipinski definition) is 2. The van der Waals surface area contributed by atoms with Crippen molar-refractivity contribution in [2.45, 2.75) is 26.7 Å². The molecule has 0 aromatic carbocycles. The van der Waals surface area contributed by atoms with Crippen molar-refractivity contribution in [1.82, 2.24) is 14.9 Å². The van der Waals surface area contributed by atoms with Gasteiger partial charge < -0.3 is 11.2 Å². The van der Waals surface area contributed by atoms with Crippen molar-refractivity contribution in [2.75, 3.05) is 17.7 Å². The lowest BCUT2D eigenvalue weighted by Gasteiger charge is -2.07. The fourth-order valence-corrected chi connectivity index (χ4v) is 0.981. The summed E-state index contributed by atoms with van der Waals surface area (Å²) in [5, 5.41) is 10.4. The molecule has 1 aromatic heterocycles. The molecule has 6 nitrogen and oxygen atoms in total. The second-order valence-corrected chi connectivity index (χ2v) is 3.06. The van der Waals surface area contributed by atoms with Crippen LogP contribution in [-0.2, 0) is 0 Å². The third-order valence-corrected chi connectivity index (χ3v) is 1.86. The van der Waals surface area contributed by atoms with E-state index < -0.39 is 0 Å². The van der Waals surface area contributed by atoms with E-state index in [4.69, 9.17) is 5.84 Å². The zero-order chi connectivity index (χ0) is 10.6. The first kappa shape index (κ1) is 10.5. The average molecular weight is 197 g/mol. The molecule has 78 valence electrons. The third kappa shape index (κ3) is 2.21. The minimum atomic E-state index is -0.320. The second-order valence-electron chi connectivity index (χ2n) is 3.06. The summed E-state index contributed by atoms with van der Waals surface area (Å²) >= 11 is 0. The Morgan fingerprint density at radius 1 is 1.50 bits per heavy atom. The van der Waals surface area contributed by atoms with Crippen LogP contribution in [0.5, 0.6) is 0 Å². The lowest BCUT2D eigenvalue weighted by molar-refractivity contribution is 0.768. The summed E-state index contributed by atoms with van der Waals surface area (Å²) in [4.78, 5) is 11.3. The van der Waals surface area contributed by atoms with E-state index >= 15 is 0 Å². The molecule has 0 saturated heterocycles. The van der Waals surface area contributed by atoms with Crippen molar-refractivity contribution in [2.24, 2.45) is 0 Å². The molecule has 0 fully saturated rings. The van der Waals surface area contributed by atoms with Gasteiger partial charge in [-0.1, -0.05) is 13.3 Å². The largest absolute Gasteiger partial charge is 0.353 e. The number of nitrogens with zero attached hydrogens (tertiary/aromatic N) is 3. The fraction of sp³-hybridized carbons (Fsp3) is 0.625. The normalized spacial score (nSPS) is 10.1. The number of nitrogens with one attached hydrogen (secondary N) is 1. The van der Waals surface area contributed by atoms with Gasteiger partial charge in [0.05, 0.1) is 0 Å². The molecule has 3 N–H and O–H groups in total. The first-order valence-corrected chi connectivity index (χ1v) is 4.62. The van der Waals surface area contributed by atoms with Crippen LogP contribution < -0.4 is 16.7 Å². The lowest BCUT2D eigenvalue weighted by Crippen LogP contribution is -2.33. The van der Waals surface area contributed by atoms with Crippen molar-refractivity contribution >= 4 is 5.95 Å². The topological polar surface area (TPSA) is 85.8 Å². The predicted molar refractivity (Wildman–Crippen MR) is 54.6 cm³/mol. The van der Waals surface area contributed by atoms with E-state index in [-0.39, 0.29) is 5.56 Å². The van der Waals surface area contributed by atoms with E-state index in [0.29, 0.717) is 11.6 Å². The zero-order valence-electron chi connectivity index (χ0n) is 8.45. The molecule has 0 aliphatic rings. The molecule has 0 aliphatic heterocycles. The number of anilines is 1. The first-order chi connectivity index (χ1) is 6.66. The standard InChI is InChI=1S/C8H15N5O/c1-3-4-5-10-8-12-11-6(2)7(14)13(8)9/h3-5,9H2,1-2H3,(H,10,12). The van der Waals surface area contributed by atoms with E-state index in [9.17, 15) is 4.79 Å². The van der Waals surface area contributed by atoms with Crippen LogP contribution >= 0.6 is 0 Å². The van der Waals surface area contributed by atoms with Crippen LogP contribution in [0, 0.1) is 6.92 Å². The minimum Gasteiger partial charge on any atom is -0.353 e. The van der Waals surface area contributed by atoms with Crippen LogP contribution in [0.2, 0.25) is 0 Å². The van der Waals surface area contributed by atoms with Crippen LogP contribution in [-0.4, -0.2) is 21.4 Å². The van der Waals surface area contributed by atoms with Gasteiger partial charge in [-0.3, -0.25) is 4.79 Å². The van der Waals surface area contributed by atoms with Crippen molar-refractivity contribution in [3.05, 3.63) is 16.0 Å². The maximum Gasteiger partial charge on any atom is 0.295 e. The van der Waals surface area contributed by atoms with Gasteiger partial charge in [0.2, 0.25) is 5.95 Å². The number of nitrogen functional groups attached to an aromatic ring is 1. The molecular formula is C8H15N5O. The van der Waals surface area contributed by atoms with Crippen LogP contribution in [0.25, 0.3) is 0 Å². The summed E-state index contributed by atoms with van der Waals surface area (Å²) in [6, 6.07) is 0. The monoisotopic (exact) mass is 197 g/mol. The smallest absolute Gasteiger partial charge is 0.295 e. The first-order valence-electron chi connectivity index (χ1n) is 4.62. The molecule has 0 aliphatic carbocycles. The summed E-state index contributed by atoms with van der Waals surface area (Å²) in [5.41, 5.74) is -0.0208. The highest BCUT2D eigenvalue weighted by atomic mass is 16.1. The zero-order valence-corrected chi connectivity index (χ0v) is 8.45. The Morgan fingerprint density at radius 3 is 2.86 bits per heavy atom. The molecule has 1 aromatic rings. The van der Waals surface area contributed by atoms with Gasteiger partial charge in [0.25, 0.3) is 5.56 Å². The van der Waals surface area contributed by atoms with E-state index in [1.165, 1.54) is 0 Å². The number of unbranched alkanes of at least 4 members (excludes halogenated alkanes) is 1. The highest BCUT2D eigenvalue weighted by Crippen LogP contribution is 1.95. The van der Waals surface area contributed by atoms with Gasteiger partial charge >= 0.3 is 0 Å². The number of hydrogen-bond acceptors (Lipinski definition) is 5. The van der Waals surface area contributed by atoms with Gasteiger partial charge in [0, 0.05) is 6.54 Å². The van der Waals surface area contributed by atoms with E-state index in [2.05, 4.69) is 22.4 Å². The van der Waals surface area contributed by atoms with Crippen molar-refractivity contribution in [3.63, 3.8) is 0 Å². The third-order valence-electron chi connectivity index (χ3n) is 1.86. The number of nitrogens with two attached hydrogens (primary N) is 1. The molecule has 6 heteroatoms. The molecule has 0 atom stereocenters. The molecule has 0 spiro atoms. The Hall–Kier alpha value is -1.59. The molecular weight excluding hydrogens is 182 g/mol. The molecule has 1 heterocycles. The Labute approximate surface area is 82.1 Å². The SMILES string of the molecule is CCCCNc1nnc(C)c(=O)n1N. The molecule has 0 amide bonds. The maximum atomic E-state index is 11.3. The molecule has 0 radical (unpaired) electrons. The minimum absolute atomic E-state index is 0.300. The van der Waals surface area contributed by atoms with Gasteiger partial charge in [0.1, 0.15) is 5.69 Å². The van der Waals surface area contributed by atoms with E-state index in [1.54, 1.807) is 6.92 Å². The summed E-state index contributed by atoms with van der Waals surface area (Å²) in [6.45, 7) is 4.40. The second kappa shape index (κ2) is 4.59. The van der Waals surface area contributed by atoms with Gasteiger partial charge in [-0.05, 0) is 13.3 Å². The van der Waals surface area contributed by atoms with E-state index in [0.717, 1.165) is 24.1 Å². The number of aromatic nitrogens is 3. The predicted octanol–water partition coefficient (Wildman–Crippen LogP) is -0.127. The molecule has 0 saturated carbocycles. The summed E-state index contributed by atoms with van der Waals surface area (Å²) in [7, 11) is 0. The molecule has 1 rings (SSSR count). The molecule has 0 unspecified atom stereocenters. The maximum absolute atomic E-state index is 11.3. The van der Waals surface area contributed by atoms with E-state index in [1.807, 2.05) is 0 Å². The quantitative estimate of drug-likeness (QED) is 0.519. The van der Waals surface area contributed by atoms with Crippen molar-refractivity contribution in [1.29, 1.82) is 0 Å². The Bertz CT molecular complexity index is 359. The average Bonchev–Trinajstić information content (AvgIpc) is 2.18. The van der Waals surface area contributed by atoms with Crippen LogP contribution in [0.15, 0.2) is 4.79 Å². The van der Waals surface area contributed by atoms with Crippen LogP contribution in [0.4, 0.5) is 5.95 Å². The Kier molecular flexibility index (Phi) is 3.44. The van der Waals surface area contributed by atoms with Crippen LogP contribution in [0.3, 0.4) is 0 Å². The summed E-state index contributed by atoms with van der Waals surface area (Å²) < 4.78 is 0.984. The van der Waals surface area contributed by atoms with Gasteiger partial charge in [-0.25, -0.2) is 0 Å². The highest BCUT2D eigenvalue weighted by Gasteiger charge is 2.04. The Balaban J connectivity index is 2.79. The lowest BCUT2D eigenvalue weighted by atomic mass is 10.3. The Morgan fingerprint density at radius 2 is 2.21 bits per heavy atom. The summed E-state index contributed by atoms with van der Waals surface area (Å²) in [5.74, 6) is 5.82. The summed E-state index contributed by atoms with van der Waals surface area (Å²) in [6.07, 6.45) is 2.07. The van der Waals surface area contributed by atoms with Crippen LogP contribution in [0.1, 0.15) is 25.5 Å². The van der Waals surface area contributed by atoms with Gasteiger partial charge in [0.15, 0.2) is 0 Å². The number of aryl methyl sites for hydroxylation is 1. The van der Waals surface area contributed by atoms with Gasteiger partial charge in [-0.15, -0.1) is 10.2 Å². The molecule has 0 bridgehead atoms. The number of rotatable bonds is 4. The van der Waals surface area contributed by atoms with Crippen molar-refractivity contribution < 1.29 is 0 Å². The van der Waals surface area contributed by atoms with Gasteiger partial charge in [-0.2, -0.15) is 4.68 Å². The highest BCUT2D eigenvalue weighted by molar-refractivity contribution is 5.23. The molecule has 14 heavy (non-hydrogen) atoms. The van der Waals surface area contributed by atoms with Crippen molar-refractivity contribution in [3.8, 4) is 0 Å².